The molecule has 1 aromatic heterocycles. The number of benzene rings is 1. The van der Waals surface area contributed by atoms with Gasteiger partial charge in [0, 0.05) is 10.0 Å². The number of amides is 1. The summed E-state index contributed by atoms with van der Waals surface area (Å²) in [6.07, 6.45) is 0.826. The van der Waals surface area contributed by atoms with E-state index < -0.39 is 0 Å². The van der Waals surface area contributed by atoms with Gasteiger partial charge >= 0.3 is 0 Å². The fourth-order valence-corrected chi connectivity index (χ4v) is 3.26. The van der Waals surface area contributed by atoms with Crippen molar-refractivity contribution in [2.45, 2.75) is 13.3 Å². The highest BCUT2D eigenvalue weighted by molar-refractivity contribution is 9.10. The molecule has 0 saturated heterocycles. The van der Waals surface area contributed by atoms with Gasteiger partial charge in [0.15, 0.2) is 0 Å². The minimum absolute atomic E-state index is 0.132. The molecular formula is C14H13BrN2OS2. The first kappa shape index (κ1) is 15.2. The van der Waals surface area contributed by atoms with E-state index >= 15 is 0 Å². The summed E-state index contributed by atoms with van der Waals surface area (Å²) in [5.74, 6) is -0.132. The lowest BCUT2D eigenvalue weighted by atomic mass is 10.1. The van der Waals surface area contributed by atoms with Gasteiger partial charge in [-0.1, -0.05) is 35.1 Å². The molecule has 0 saturated carbocycles. The van der Waals surface area contributed by atoms with Crippen LogP contribution in [0.2, 0.25) is 0 Å². The summed E-state index contributed by atoms with van der Waals surface area (Å²) in [6.45, 7) is 2.03. The van der Waals surface area contributed by atoms with Crippen LogP contribution in [-0.4, -0.2) is 10.9 Å². The molecule has 0 aliphatic heterocycles. The zero-order valence-corrected chi connectivity index (χ0v) is 14.0. The average molecular weight is 369 g/mol. The predicted octanol–water partition coefficient (Wildman–Crippen LogP) is 3.96. The topological polar surface area (TPSA) is 55.1 Å². The van der Waals surface area contributed by atoms with Gasteiger partial charge in [-0.2, -0.15) is 0 Å². The number of carbonyl (C=O) groups is 1. The Hall–Kier alpha value is -1.24. The van der Waals surface area contributed by atoms with Crippen molar-refractivity contribution in [1.29, 1.82) is 0 Å². The predicted molar refractivity (Wildman–Crippen MR) is 91.7 cm³/mol. The standard InChI is InChI=1S/C14H13BrN2OS2/c1-2-8-5-6-20-12(8)14(18)17-11-7-9(15)3-4-10(11)13(16)19/h3-7H,2H2,1H3,(H2,16,19)(H,17,18). The Labute approximate surface area is 135 Å². The Morgan fingerprint density at radius 3 is 2.85 bits per heavy atom. The van der Waals surface area contributed by atoms with E-state index in [0.29, 0.717) is 11.3 Å². The molecule has 1 aromatic carbocycles. The third kappa shape index (κ3) is 3.26. The van der Waals surface area contributed by atoms with Gasteiger partial charge in [0.2, 0.25) is 0 Å². The Balaban J connectivity index is 2.32. The summed E-state index contributed by atoms with van der Waals surface area (Å²) in [6, 6.07) is 7.39. The van der Waals surface area contributed by atoms with Gasteiger partial charge in [0.05, 0.1) is 10.6 Å². The van der Waals surface area contributed by atoms with Crippen LogP contribution in [0.5, 0.6) is 0 Å². The maximum atomic E-state index is 12.3. The summed E-state index contributed by atoms with van der Waals surface area (Å²) in [7, 11) is 0. The number of nitrogens with one attached hydrogen (secondary N) is 1. The monoisotopic (exact) mass is 368 g/mol. The number of rotatable bonds is 4. The molecule has 1 heterocycles. The number of carbonyl (C=O) groups excluding carboxylic acids is 1. The molecule has 0 atom stereocenters. The minimum Gasteiger partial charge on any atom is -0.389 e. The second-order valence-electron chi connectivity index (χ2n) is 4.14. The number of aryl methyl sites for hydroxylation is 1. The van der Waals surface area contributed by atoms with Gasteiger partial charge in [-0.3, -0.25) is 4.79 Å². The number of anilines is 1. The lowest BCUT2D eigenvalue weighted by Gasteiger charge is -2.10. The molecule has 1 amide bonds. The van der Waals surface area contributed by atoms with Gasteiger partial charge < -0.3 is 11.1 Å². The van der Waals surface area contributed by atoms with Gasteiger partial charge in [0.1, 0.15) is 4.99 Å². The normalized spacial score (nSPS) is 10.3. The molecule has 0 bridgehead atoms. The van der Waals surface area contributed by atoms with Crippen LogP contribution in [0, 0.1) is 0 Å². The van der Waals surface area contributed by atoms with E-state index in [4.69, 9.17) is 18.0 Å². The molecule has 6 heteroatoms. The first-order valence-corrected chi connectivity index (χ1v) is 8.08. The fraction of sp³-hybridized carbons (Fsp3) is 0.143. The zero-order chi connectivity index (χ0) is 14.7. The van der Waals surface area contributed by atoms with Crippen molar-refractivity contribution in [3.05, 3.63) is 50.1 Å². The third-order valence-corrected chi connectivity index (χ3v) is 4.50. The van der Waals surface area contributed by atoms with E-state index in [-0.39, 0.29) is 10.9 Å². The quantitative estimate of drug-likeness (QED) is 0.803. The highest BCUT2D eigenvalue weighted by Crippen LogP contribution is 2.24. The second-order valence-corrected chi connectivity index (χ2v) is 6.41. The summed E-state index contributed by atoms with van der Waals surface area (Å²) in [5.41, 5.74) is 8.00. The SMILES string of the molecule is CCc1ccsc1C(=O)Nc1cc(Br)ccc1C(N)=S. The maximum absolute atomic E-state index is 12.3. The number of thiocarbonyl (C=S) groups is 1. The Morgan fingerprint density at radius 1 is 1.45 bits per heavy atom. The second kappa shape index (κ2) is 6.47. The minimum atomic E-state index is -0.132. The van der Waals surface area contributed by atoms with Crippen LogP contribution in [0.4, 0.5) is 5.69 Å². The van der Waals surface area contributed by atoms with Gasteiger partial charge in [-0.15, -0.1) is 11.3 Å². The van der Waals surface area contributed by atoms with E-state index in [0.717, 1.165) is 21.3 Å². The number of nitrogens with two attached hydrogens (primary N) is 1. The molecule has 0 aliphatic rings. The molecular weight excluding hydrogens is 356 g/mol. The van der Waals surface area contributed by atoms with Crippen LogP contribution in [0.15, 0.2) is 34.1 Å². The van der Waals surface area contributed by atoms with Crippen LogP contribution in [0.25, 0.3) is 0 Å². The molecule has 104 valence electrons. The molecule has 0 radical (unpaired) electrons. The summed E-state index contributed by atoms with van der Waals surface area (Å²) < 4.78 is 0.856. The van der Waals surface area contributed by atoms with Crippen molar-refractivity contribution in [1.82, 2.24) is 0 Å². The number of hydrogen-bond acceptors (Lipinski definition) is 3. The molecule has 0 aliphatic carbocycles. The highest BCUT2D eigenvalue weighted by atomic mass is 79.9. The Morgan fingerprint density at radius 2 is 2.20 bits per heavy atom. The number of hydrogen-bond donors (Lipinski definition) is 2. The van der Waals surface area contributed by atoms with Crippen molar-refractivity contribution in [2.24, 2.45) is 5.73 Å². The lowest BCUT2D eigenvalue weighted by Crippen LogP contribution is -2.17. The lowest BCUT2D eigenvalue weighted by molar-refractivity contribution is 0.103. The van der Waals surface area contributed by atoms with Crippen LogP contribution in [0.1, 0.15) is 27.7 Å². The molecule has 2 aromatic rings. The van der Waals surface area contributed by atoms with E-state index in [1.54, 1.807) is 12.1 Å². The van der Waals surface area contributed by atoms with Crippen molar-refractivity contribution in [3.8, 4) is 0 Å². The van der Waals surface area contributed by atoms with E-state index in [2.05, 4.69) is 21.2 Å². The number of halogens is 1. The number of thiophene rings is 1. The maximum Gasteiger partial charge on any atom is 0.266 e. The van der Waals surface area contributed by atoms with Gasteiger partial charge in [-0.05, 0) is 41.6 Å². The summed E-state index contributed by atoms with van der Waals surface area (Å²) >= 11 is 9.82. The van der Waals surface area contributed by atoms with E-state index in [1.165, 1.54) is 11.3 Å². The van der Waals surface area contributed by atoms with Crippen molar-refractivity contribution < 1.29 is 4.79 Å². The summed E-state index contributed by atoms with van der Waals surface area (Å²) in [4.78, 5) is 13.3. The van der Waals surface area contributed by atoms with Gasteiger partial charge in [-0.25, -0.2) is 0 Å². The smallest absolute Gasteiger partial charge is 0.266 e. The van der Waals surface area contributed by atoms with Crippen LogP contribution < -0.4 is 11.1 Å². The largest absolute Gasteiger partial charge is 0.389 e. The zero-order valence-electron chi connectivity index (χ0n) is 10.8. The first-order valence-electron chi connectivity index (χ1n) is 6.00. The summed E-state index contributed by atoms with van der Waals surface area (Å²) in [5, 5.41) is 4.80. The van der Waals surface area contributed by atoms with Crippen LogP contribution >= 0.6 is 39.5 Å². The van der Waals surface area contributed by atoms with E-state index in [1.807, 2.05) is 24.4 Å². The fourth-order valence-electron chi connectivity index (χ4n) is 1.83. The van der Waals surface area contributed by atoms with Crippen molar-refractivity contribution >= 4 is 56.1 Å². The Kier molecular flexibility index (Phi) is 4.91. The van der Waals surface area contributed by atoms with E-state index in [9.17, 15) is 4.79 Å². The molecule has 0 spiro atoms. The third-order valence-electron chi connectivity index (χ3n) is 2.83. The molecule has 3 N–H and O–H groups in total. The molecule has 2 rings (SSSR count). The Bertz CT molecular complexity index is 667. The van der Waals surface area contributed by atoms with Crippen molar-refractivity contribution in [2.75, 3.05) is 5.32 Å². The molecule has 0 fully saturated rings. The molecule has 20 heavy (non-hydrogen) atoms. The highest BCUT2D eigenvalue weighted by Gasteiger charge is 2.15. The molecule has 0 unspecified atom stereocenters. The van der Waals surface area contributed by atoms with Crippen molar-refractivity contribution in [3.63, 3.8) is 0 Å². The van der Waals surface area contributed by atoms with Crippen LogP contribution in [-0.2, 0) is 6.42 Å². The van der Waals surface area contributed by atoms with Gasteiger partial charge in [0.25, 0.3) is 5.91 Å². The first-order chi connectivity index (χ1) is 9.52. The average Bonchev–Trinajstić information content (AvgIpc) is 2.86. The van der Waals surface area contributed by atoms with Crippen LogP contribution in [0.3, 0.4) is 0 Å². The molecule has 3 nitrogen and oxygen atoms in total.